The van der Waals surface area contributed by atoms with Gasteiger partial charge in [-0.15, -0.1) is 0 Å². The fourth-order valence-electron chi connectivity index (χ4n) is 4.29. The summed E-state index contributed by atoms with van der Waals surface area (Å²) in [5, 5.41) is 0.757. The number of fused-ring (bicyclic) bond motifs is 2. The lowest BCUT2D eigenvalue weighted by Crippen LogP contribution is -2.27. The zero-order valence-corrected chi connectivity index (χ0v) is 20.5. The third kappa shape index (κ3) is 4.89. The number of benzene rings is 2. The van der Waals surface area contributed by atoms with E-state index in [9.17, 15) is 9.59 Å². The topological polar surface area (TPSA) is 65.5 Å². The predicted molar refractivity (Wildman–Crippen MR) is 135 cm³/mol. The Morgan fingerprint density at radius 2 is 1.76 bits per heavy atom. The number of hydrogen-bond acceptors (Lipinski definition) is 5. The maximum absolute atomic E-state index is 13.4. The Hall–Kier alpha value is -3.47. The van der Waals surface area contributed by atoms with Gasteiger partial charge in [-0.25, -0.2) is 9.78 Å². The first-order chi connectivity index (χ1) is 16.2. The van der Waals surface area contributed by atoms with Crippen LogP contribution in [0.15, 0.2) is 48.5 Å². The number of carbonyl (C=O) groups excluding carboxylic acids is 2. The highest BCUT2D eigenvalue weighted by Crippen LogP contribution is 2.39. The Balaban J connectivity index is 1.81. The van der Waals surface area contributed by atoms with Gasteiger partial charge < -0.3 is 9.47 Å². The minimum atomic E-state index is -0.567. The largest absolute Gasteiger partial charge is 0.497 e. The number of esters is 1. The lowest BCUT2D eigenvalue weighted by molar-refractivity contribution is -0.129. The van der Waals surface area contributed by atoms with E-state index >= 15 is 0 Å². The van der Waals surface area contributed by atoms with Crippen LogP contribution >= 0.6 is 0 Å². The molecule has 0 saturated heterocycles. The van der Waals surface area contributed by atoms with Gasteiger partial charge in [-0.3, -0.25) is 4.79 Å². The van der Waals surface area contributed by atoms with Crippen LogP contribution in [0.3, 0.4) is 0 Å². The lowest BCUT2D eigenvalue weighted by Gasteiger charge is -2.26. The Labute approximate surface area is 200 Å². The van der Waals surface area contributed by atoms with Crippen molar-refractivity contribution in [1.29, 1.82) is 0 Å². The molecule has 0 bridgehead atoms. The van der Waals surface area contributed by atoms with Crippen molar-refractivity contribution in [2.75, 3.05) is 13.7 Å². The summed E-state index contributed by atoms with van der Waals surface area (Å²) in [6.07, 6.45) is 3.72. The van der Waals surface area contributed by atoms with E-state index in [0.29, 0.717) is 11.5 Å². The molecule has 1 atom stereocenters. The summed E-state index contributed by atoms with van der Waals surface area (Å²) in [7, 11) is 1.65. The lowest BCUT2D eigenvalue weighted by atomic mass is 9.80. The molecule has 5 heteroatoms. The van der Waals surface area contributed by atoms with Gasteiger partial charge >= 0.3 is 5.97 Å². The molecule has 0 saturated carbocycles. The van der Waals surface area contributed by atoms with Crippen molar-refractivity contribution in [2.24, 2.45) is 11.3 Å². The van der Waals surface area contributed by atoms with Crippen LogP contribution in [0.5, 0.6) is 5.75 Å². The Morgan fingerprint density at radius 1 is 1.06 bits per heavy atom. The van der Waals surface area contributed by atoms with Crippen LogP contribution in [0, 0.1) is 11.3 Å². The molecule has 1 aliphatic carbocycles. The van der Waals surface area contributed by atoms with Gasteiger partial charge in [0.05, 0.1) is 23.9 Å². The summed E-state index contributed by atoms with van der Waals surface area (Å²) in [6, 6.07) is 15.5. The number of hydrogen-bond donors (Lipinski definition) is 0. The van der Waals surface area contributed by atoms with E-state index in [1.165, 1.54) is 0 Å². The molecule has 0 N–H and O–H groups in total. The fraction of sp³-hybridized carbons (Fsp3) is 0.345. The first-order valence-corrected chi connectivity index (χ1v) is 11.6. The third-order valence-electron chi connectivity index (χ3n) is 6.25. The number of methoxy groups -OCH3 is 1. The van der Waals surface area contributed by atoms with Crippen LogP contribution in [-0.4, -0.2) is 30.5 Å². The molecule has 5 nitrogen and oxygen atoms in total. The van der Waals surface area contributed by atoms with Crippen LogP contribution in [0.2, 0.25) is 0 Å². The molecule has 2 aromatic carbocycles. The molecule has 1 unspecified atom stereocenters. The number of carbonyl (C=O) groups is 2. The number of aromatic nitrogens is 1. The van der Waals surface area contributed by atoms with Crippen LogP contribution in [0.25, 0.3) is 22.6 Å². The van der Waals surface area contributed by atoms with Crippen LogP contribution in [-0.2, 0) is 16.0 Å². The van der Waals surface area contributed by atoms with E-state index in [-0.39, 0.29) is 12.4 Å². The van der Waals surface area contributed by atoms with Crippen molar-refractivity contribution in [3.05, 3.63) is 70.9 Å². The van der Waals surface area contributed by atoms with Gasteiger partial charge in [0.15, 0.2) is 12.4 Å². The van der Waals surface area contributed by atoms with Crippen molar-refractivity contribution >= 4 is 34.3 Å². The van der Waals surface area contributed by atoms with Gasteiger partial charge in [-0.1, -0.05) is 58.0 Å². The Kier molecular flexibility index (Phi) is 6.56. The summed E-state index contributed by atoms with van der Waals surface area (Å²) >= 11 is 0. The van der Waals surface area contributed by atoms with E-state index in [0.717, 1.165) is 51.9 Å². The molecule has 176 valence electrons. The van der Waals surface area contributed by atoms with Crippen LogP contribution in [0.1, 0.15) is 61.3 Å². The minimum absolute atomic E-state index is 0.110. The molecule has 0 radical (unpaired) electrons. The average molecular weight is 458 g/mol. The molecule has 34 heavy (non-hydrogen) atoms. The number of Topliss-reactive ketones (excluding diaryl/α,β-unsaturated/α-hetero) is 1. The molecule has 3 aromatic rings. The molecule has 1 heterocycles. The standard InChI is InChI=1S/C29H31NO4/c1-18-14-20(16-19-10-12-21(33-5)13-11-19)27-23(15-18)26(22-8-6-7-9-24(22)30-27)28(32)34-17-25(31)29(2,3)4/h6-13,16,18H,14-15,17H2,1-5H3. The summed E-state index contributed by atoms with van der Waals surface area (Å²) in [5.74, 6) is 0.563. The molecular weight excluding hydrogens is 426 g/mol. The zero-order valence-electron chi connectivity index (χ0n) is 20.5. The Morgan fingerprint density at radius 3 is 2.44 bits per heavy atom. The SMILES string of the molecule is COc1ccc(C=C2CC(C)Cc3c2nc2ccccc2c3C(=O)OCC(=O)C(C)(C)C)cc1. The second-order valence-electron chi connectivity index (χ2n) is 10.0. The van der Waals surface area contributed by atoms with Crippen molar-refractivity contribution in [1.82, 2.24) is 4.98 Å². The van der Waals surface area contributed by atoms with Crippen molar-refractivity contribution < 1.29 is 19.1 Å². The molecule has 0 spiro atoms. The van der Waals surface area contributed by atoms with Gasteiger partial charge in [0.1, 0.15) is 5.75 Å². The summed E-state index contributed by atoms with van der Waals surface area (Å²) in [6.45, 7) is 7.41. The average Bonchev–Trinajstić information content (AvgIpc) is 2.81. The summed E-state index contributed by atoms with van der Waals surface area (Å²) < 4.78 is 10.8. The number of nitrogens with zero attached hydrogens (tertiary/aromatic N) is 1. The molecule has 4 rings (SSSR count). The smallest absolute Gasteiger partial charge is 0.339 e. The van der Waals surface area contributed by atoms with Gasteiger partial charge in [-0.05, 0) is 59.7 Å². The van der Waals surface area contributed by atoms with E-state index in [1.807, 2.05) is 69.3 Å². The predicted octanol–water partition coefficient (Wildman–Crippen LogP) is 6.14. The van der Waals surface area contributed by atoms with Gasteiger partial charge in [0.2, 0.25) is 0 Å². The molecule has 1 aliphatic rings. The van der Waals surface area contributed by atoms with Crippen molar-refractivity contribution in [3.63, 3.8) is 0 Å². The minimum Gasteiger partial charge on any atom is -0.497 e. The normalized spacial score (nSPS) is 16.9. The number of ketones is 1. The number of allylic oxidation sites excluding steroid dienone is 1. The van der Waals surface area contributed by atoms with Crippen molar-refractivity contribution in [2.45, 2.75) is 40.5 Å². The quantitative estimate of drug-likeness (QED) is 0.431. The Bertz CT molecular complexity index is 1270. The van der Waals surface area contributed by atoms with E-state index in [4.69, 9.17) is 14.5 Å². The highest BCUT2D eigenvalue weighted by molar-refractivity contribution is 6.07. The summed E-state index contributed by atoms with van der Waals surface area (Å²) in [4.78, 5) is 30.7. The highest BCUT2D eigenvalue weighted by atomic mass is 16.5. The van der Waals surface area contributed by atoms with Crippen LogP contribution in [0.4, 0.5) is 0 Å². The maximum Gasteiger partial charge on any atom is 0.339 e. The van der Waals surface area contributed by atoms with E-state index in [1.54, 1.807) is 7.11 Å². The number of ether oxygens (including phenoxy) is 2. The van der Waals surface area contributed by atoms with Gasteiger partial charge in [-0.2, -0.15) is 0 Å². The molecule has 1 aromatic heterocycles. The maximum atomic E-state index is 13.4. The fourth-order valence-corrected chi connectivity index (χ4v) is 4.29. The summed E-state index contributed by atoms with van der Waals surface area (Å²) in [5.41, 5.74) is 4.56. The molecule has 0 fully saturated rings. The molecule has 0 aliphatic heterocycles. The van der Waals surface area contributed by atoms with Crippen molar-refractivity contribution in [3.8, 4) is 5.75 Å². The molecule has 0 amide bonds. The van der Waals surface area contributed by atoms with E-state index < -0.39 is 11.4 Å². The van der Waals surface area contributed by atoms with Gasteiger partial charge in [0.25, 0.3) is 0 Å². The second-order valence-corrected chi connectivity index (χ2v) is 10.0. The number of para-hydroxylation sites is 1. The number of pyridine rings is 1. The third-order valence-corrected chi connectivity index (χ3v) is 6.25. The number of rotatable bonds is 5. The first-order valence-electron chi connectivity index (χ1n) is 11.6. The van der Waals surface area contributed by atoms with Crippen LogP contribution < -0.4 is 4.74 Å². The second kappa shape index (κ2) is 9.41. The molecular formula is C29H31NO4. The zero-order chi connectivity index (χ0) is 24.5. The van der Waals surface area contributed by atoms with Gasteiger partial charge in [0, 0.05) is 10.8 Å². The first kappa shape index (κ1) is 23.7. The highest BCUT2D eigenvalue weighted by Gasteiger charge is 2.30. The monoisotopic (exact) mass is 457 g/mol. The van der Waals surface area contributed by atoms with E-state index in [2.05, 4.69) is 13.0 Å².